The Labute approximate surface area is 159 Å². The largest absolute Gasteiger partial charge is 0.469 e. The van der Waals surface area contributed by atoms with Crippen molar-refractivity contribution >= 4 is 47.7 Å². The second kappa shape index (κ2) is 9.93. The van der Waals surface area contributed by atoms with E-state index >= 15 is 0 Å². The number of methoxy groups -OCH3 is 1. The highest BCUT2D eigenvalue weighted by Crippen LogP contribution is 2.28. The van der Waals surface area contributed by atoms with E-state index in [4.69, 9.17) is 4.74 Å². The summed E-state index contributed by atoms with van der Waals surface area (Å²) in [6.45, 7) is 4.86. The van der Waals surface area contributed by atoms with Crippen molar-refractivity contribution in [3.05, 3.63) is 0 Å². The molecule has 2 saturated heterocycles. The zero-order chi connectivity index (χ0) is 16.0. The van der Waals surface area contributed by atoms with Crippen LogP contribution in [0.2, 0.25) is 0 Å². The summed E-state index contributed by atoms with van der Waals surface area (Å²) < 4.78 is 4.82. The number of guanidine groups is 1. The molecular weight excluding hydrogens is 429 g/mol. The van der Waals surface area contributed by atoms with E-state index in [9.17, 15) is 9.90 Å². The monoisotopic (exact) mass is 457 g/mol. The van der Waals surface area contributed by atoms with Gasteiger partial charge in [0.1, 0.15) is 0 Å². The first-order chi connectivity index (χ1) is 10.6. The maximum absolute atomic E-state index is 11.6. The molecule has 0 aromatic carbocycles. The van der Waals surface area contributed by atoms with E-state index in [1.807, 2.05) is 6.92 Å². The number of carbonyl (C=O) groups is 1. The Morgan fingerprint density at radius 1 is 1.48 bits per heavy atom. The number of carbonyl (C=O) groups excluding carboxylic acids is 1. The molecule has 0 radical (unpaired) electrons. The van der Waals surface area contributed by atoms with Crippen LogP contribution in [0.3, 0.4) is 0 Å². The van der Waals surface area contributed by atoms with Gasteiger partial charge in [0, 0.05) is 25.4 Å². The number of nitrogens with one attached hydrogen (secondary N) is 1. The third-order valence-corrected chi connectivity index (χ3v) is 5.50. The number of halogens is 1. The van der Waals surface area contributed by atoms with Gasteiger partial charge in [0.15, 0.2) is 5.96 Å². The molecule has 1 unspecified atom stereocenters. The lowest BCUT2D eigenvalue weighted by molar-refractivity contribution is -0.146. The number of thioether (sulfide) groups is 1. The van der Waals surface area contributed by atoms with E-state index in [-0.39, 0.29) is 35.9 Å². The van der Waals surface area contributed by atoms with Crippen LogP contribution in [0.1, 0.15) is 26.2 Å². The quantitative estimate of drug-likeness (QED) is 0.287. The Morgan fingerprint density at radius 2 is 2.17 bits per heavy atom. The van der Waals surface area contributed by atoms with Crippen molar-refractivity contribution in [1.82, 2.24) is 10.2 Å². The molecule has 0 amide bonds. The first kappa shape index (κ1) is 20.8. The number of aliphatic imine (C=N–C) groups is 1. The van der Waals surface area contributed by atoms with Crippen LogP contribution in [0.5, 0.6) is 0 Å². The highest BCUT2D eigenvalue weighted by molar-refractivity contribution is 14.0. The second-order valence-corrected chi connectivity index (χ2v) is 7.09. The fraction of sp³-hybridized carbons (Fsp3) is 0.867. The summed E-state index contributed by atoms with van der Waals surface area (Å²) in [5.74, 6) is 2.50. The van der Waals surface area contributed by atoms with Crippen LogP contribution in [-0.4, -0.2) is 72.3 Å². The molecule has 0 aromatic rings. The van der Waals surface area contributed by atoms with Gasteiger partial charge in [0.05, 0.1) is 25.2 Å². The Hall–Kier alpha value is -0.220. The van der Waals surface area contributed by atoms with Crippen LogP contribution in [0.4, 0.5) is 0 Å². The molecule has 0 aliphatic carbocycles. The molecule has 0 spiro atoms. The SMILES string of the molecule is CCNC(=NCC1(O)CCSC1)N1CCC(C(=O)OC)CC1.I. The minimum absolute atomic E-state index is 0. The smallest absolute Gasteiger partial charge is 0.308 e. The Balaban J connectivity index is 0.00000264. The summed E-state index contributed by atoms with van der Waals surface area (Å²) in [4.78, 5) is 18.4. The second-order valence-electron chi connectivity index (χ2n) is 5.98. The third kappa shape index (κ3) is 5.97. The van der Waals surface area contributed by atoms with Gasteiger partial charge in [0.25, 0.3) is 0 Å². The summed E-state index contributed by atoms with van der Waals surface area (Å²) in [5.41, 5.74) is -0.657. The maximum Gasteiger partial charge on any atom is 0.308 e. The molecule has 2 heterocycles. The molecule has 2 N–H and O–H groups in total. The van der Waals surface area contributed by atoms with Gasteiger partial charge in [-0.15, -0.1) is 24.0 Å². The van der Waals surface area contributed by atoms with E-state index < -0.39 is 5.60 Å². The lowest BCUT2D eigenvalue weighted by Crippen LogP contribution is -2.47. The average Bonchev–Trinajstić information content (AvgIpc) is 2.98. The Bertz CT molecular complexity index is 409. The molecular formula is C15H28IN3O3S. The molecule has 2 aliphatic heterocycles. The first-order valence-electron chi connectivity index (χ1n) is 7.99. The molecule has 2 rings (SSSR count). The fourth-order valence-electron chi connectivity index (χ4n) is 2.86. The number of aliphatic hydroxyl groups is 1. The van der Waals surface area contributed by atoms with Crippen LogP contribution < -0.4 is 5.32 Å². The standard InChI is InChI=1S/C15H27N3O3S.HI/c1-3-16-14(17-10-15(20)6-9-22-11-15)18-7-4-12(5-8-18)13(19)21-2;/h12,20H,3-11H2,1-2H3,(H,16,17);1H. The Morgan fingerprint density at radius 3 is 2.70 bits per heavy atom. The normalized spacial score (nSPS) is 25.9. The molecule has 8 heteroatoms. The summed E-state index contributed by atoms with van der Waals surface area (Å²) in [6.07, 6.45) is 2.39. The van der Waals surface area contributed by atoms with Gasteiger partial charge in [0.2, 0.25) is 0 Å². The molecule has 0 saturated carbocycles. The first-order valence-corrected chi connectivity index (χ1v) is 9.14. The highest BCUT2D eigenvalue weighted by atomic mass is 127. The molecule has 0 bridgehead atoms. The van der Waals surface area contributed by atoms with Crippen LogP contribution in [0.25, 0.3) is 0 Å². The predicted molar refractivity (Wildman–Crippen MR) is 105 cm³/mol. The number of likely N-dealkylation sites (tertiary alicyclic amines) is 1. The van der Waals surface area contributed by atoms with Crippen molar-refractivity contribution < 1.29 is 14.6 Å². The third-order valence-electron chi connectivity index (χ3n) is 4.27. The summed E-state index contributed by atoms with van der Waals surface area (Å²) in [6, 6.07) is 0. The van der Waals surface area contributed by atoms with Crippen molar-refractivity contribution in [1.29, 1.82) is 0 Å². The minimum atomic E-state index is -0.657. The van der Waals surface area contributed by atoms with Crippen LogP contribution in [-0.2, 0) is 9.53 Å². The molecule has 134 valence electrons. The summed E-state index contributed by atoms with van der Waals surface area (Å²) >= 11 is 1.78. The Kier molecular flexibility index (Phi) is 8.99. The fourth-order valence-corrected chi connectivity index (χ4v) is 4.15. The average molecular weight is 457 g/mol. The number of hydrogen-bond acceptors (Lipinski definition) is 5. The zero-order valence-corrected chi connectivity index (χ0v) is 17.1. The molecule has 2 aliphatic rings. The van der Waals surface area contributed by atoms with Crippen LogP contribution >= 0.6 is 35.7 Å². The molecule has 0 aromatic heterocycles. The van der Waals surface area contributed by atoms with E-state index in [2.05, 4.69) is 15.2 Å². The minimum Gasteiger partial charge on any atom is -0.469 e. The number of hydrogen-bond donors (Lipinski definition) is 2. The maximum atomic E-state index is 11.6. The molecule has 1 atom stereocenters. The number of esters is 1. The molecule has 6 nitrogen and oxygen atoms in total. The highest BCUT2D eigenvalue weighted by Gasteiger charge is 2.32. The lowest BCUT2D eigenvalue weighted by atomic mass is 9.97. The van der Waals surface area contributed by atoms with Crippen molar-refractivity contribution in [2.75, 3.05) is 44.8 Å². The van der Waals surface area contributed by atoms with Crippen LogP contribution in [0, 0.1) is 5.92 Å². The van der Waals surface area contributed by atoms with Gasteiger partial charge in [-0.05, 0) is 31.9 Å². The van der Waals surface area contributed by atoms with Gasteiger partial charge in [-0.25, -0.2) is 0 Å². The number of rotatable bonds is 4. The molecule has 2 fully saturated rings. The van der Waals surface area contributed by atoms with E-state index in [0.29, 0.717) is 6.54 Å². The van der Waals surface area contributed by atoms with E-state index in [0.717, 1.165) is 56.4 Å². The summed E-state index contributed by atoms with van der Waals surface area (Å²) in [7, 11) is 1.44. The summed E-state index contributed by atoms with van der Waals surface area (Å²) in [5, 5.41) is 13.7. The van der Waals surface area contributed by atoms with Gasteiger partial charge in [-0.1, -0.05) is 0 Å². The van der Waals surface area contributed by atoms with Crippen molar-refractivity contribution in [2.24, 2.45) is 10.9 Å². The number of piperidine rings is 1. The molecule has 23 heavy (non-hydrogen) atoms. The lowest BCUT2D eigenvalue weighted by Gasteiger charge is -2.33. The topological polar surface area (TPSA) is 74.2 Å². The van der Waals surface area contributed by atoms with Crippen LogP contribution in [0.15, 0.2) is 4.99 Å². The van der Waals surface area contributed by atoms with E-state index in [1.165, 1.54) is 7.11 Å². The van der Waals surface area contributed by atoms with Gasteiger partial charge >= 0.3 is 5.97 Å². The van der Waals surface area contributed by atoms with Crippen molar-refractivity contribution in [3.8, 4) is 0 Å². The number of ether oxygens (including phenoxy) is 1. The van der Waals surface area contributed by atoms with Gasteiger partial charge in [-0.2, -0.15) is 11.8 Å². The van der Waals surface area contributed by atoms with Gasteiger partial charge in [-0.3, -0.25) is 9.79 Å². The van der Waals surface area contributed by atoms with E-state index in [1.54, 1.807) is 11.8 Å². The zero-order valence-electron chi connectivity index (χ0n) is 13.9. The van der Waals surface area contributed by atoms with Gasteiger partial charge < -0.3 is 20.1 Å². The number of nitrogens with zero attached hydrogens (tertiary/aromatic N) is 2. The van der Waals surface area contributed by atoms with Crippen molar-refractivity contribution in [3.63, 3.8) is 0 Å². The predicted octanol–water partition coefficient (Wildman–Crippen LogP) is 1.32. The van der Waals surface area contributed by atoms with Crippen molar-refractivity contribution in [2.45, 2.75) is 31.8 Å².